The van der Waals surface area contributed by atoms with E-state index in [1.165, 1.54) is 5.56 Å². The van der Waals surface area contributed by atoms with Gasteiger partial charge in [-0.15, -0.1) is 0 Å². The van der Waals surface area contributed by atoms with Gasteiger partial charge < -0.3 is 10.2 Å². The predicted molar refractivity (Wildman–Crippen MR) is 108 cm³/mol. The number of aryl methyl sites for hydroxylation is 2. The first-order valence-corrected chi connectivity index (χ1v) is 9.17. The highest BCUT2D eigenvalue weighted by molar-refractivity contribution is 6.03. The fourth-order valence-electron chi connectivity index (χ4n) is 3.40. The molecule has 0 fully saturated rings. The Hall–Kier alpha value is -3.72. The summed E-state index contributed by atoms with van der Waals surface area (Å²) in [6, 6.07) is 18.8. The molecule has 0 aliphatic carbocycles. The number of rotatable bonds is 3. The number of fused-ring (bicyclic) bond motifs is 1. The van der Waals surface area contributed by atoms with Crippen LogP contribution in [0.2, 0.25) is 0 Å². The van der Waals surface area contributed by atoms with Crippen LogP contribution in [-0.2, 0) is 6.42 Å². The van der Waals surface area contributed by atoms with Crippen LogP contribution in [0.25, 0.3) is 0 Å². The topological polar surface area (TPSA) is 81.9 Å². The van der Waals surface area contributed by atoms with Crippen LogP contribution < -0.4 is 10.2 Å². The molecule has 1 amide bonds. The second-order valence-electron chi connectivity index (χ2n) is 6.69. The van der Waals surface area contributed by atoms with E-state index in [0.29, 0.717) is 22.8 Å². The molecule has 0 unspecified atom stereocenters. The maximum atomic E-state index is 12.7. The summed E-state index contributed by atoms with van der Waals surface area (Å²) in [6.45, 7) is 2.64. The number of para-hydroxylation sites is 1. The third-order valence-electron chi connectivity index (χ3n) is 4.72. The molecule has 0 saturated heterocycles. The summed E-state index contributed by atoms with van der Waals surface area (Å²) in [5.74, 6) is 0.969. The molecule has 0 saturated carbocycles. The predicted octanol–water partition coefficient (Wildman–Crippen LogP) is 3.99. The zero-order valence-electron chi connectivity index (χ0n) is 15.5. The maximum Gasteiger partial charge on any atom is 0.274 e. The Morgan fingerprint density at radius 2 is 1.93 bits per heavy atom. The second-order valence-corrected chi connectivity index (χ2v) is 6.69. The minimum atomic E-state index is -0.304. The SMILES string of the molecule is Cc1nc(C(=O)Nc2ccc(C#N)cc2)cc(N2CCCc3ccccc32)n1. The van der Waals surface area contributed by atoms with Crippen molar-refractivity contribution in [2.24, 2.45) is 0 Å². The zero-order valence-corrected chi connectivity index (χ0v) is 15.5. The largest absolute Gasteiger partial charge is 0.326 e. The molecule has 0 atom stereocenters. The third kappa shape index (κ3) is 3.55. The van der Waals surface area contributed by atoms with Crippen molar-refractivity contribution in [3.05, 3.63) is 77.2 Å². The van der Waals surface area contributed by atoms with Gasteiger partial charge in [-0.3, -0.25) is 4.79 Å². The maximum absolute atomic E-state index is 12.7. The highest BCUT2D eigenvalue weighted by Crippen LogP contribution is 2.32. The fraction of sp³-hybridized carbons (Fsp3) is 0.182. The Morgan fingerprint density at radius 3 is 2.71 bits per heavy atom. The molecule has 0 bridgehead atoms. The van der Waals surface area contributed by atoms with Gasteiger partial charge >= 0.3 is 0 Å². The quantitative estimate of drug-likeness (QED) is 0.755. The third-order valence-corrected chi connectivity index (χ3v) is 4.72. The summed E-state index contributed by atoms with van der Waals surface area (Å²) in [5, 5.41) is 11.7. The zero-order chi connectivity index (χ0) is 19.5. The van der Waals surface area contributed by atoms with E-state index in [2.05, 4.69) is 38.4 Å². The van der Waals surface area contributed by atoms with Gasteiger partial charge in [0.1, 0.15) is 17.3 Å². The molecule has 1 aliphatic rings. The Bertz CT molecular complexity index is 1070. The summed E-state index contributed by atoms with van der Waals surface area (Å²) in [4.78, 5) is 23.7. The number of carbonyl (C=O) groups excluding carboxylic acids is 1. The molecular weight excluding hydrogens is 350 g/mol. The van der Waals surface area contributed by atoms with E-state index in [0.717, 1.165) is 30.9 Å². The molecule has 2 heterocycles. The first-order chi connectivity index (χ1) is 13.6. The standard InChI is InChI=1S/C22H19N5O/c1-15-24-19(22(28)26-18-10-8-16(14-23)9-11-18)13-21(25-15)27-12-4-6-17-5-2-3-7-20(17)27/h2-3,5,7-11,13H,4,6,12H2,1H3,(H,26,28). The van der Waals surface area contributed by atoms with Gasteiger partial charge in [0.15, 0.2) is 0 Å². The number of anilines is 3. The summed E-state index contributed by atoms with van der Waals surface area (Å²) < 4.78 is 0. The number of aromatic nitrogens is 2. The van der Waals surface area contributed by atoms with Crippen LogP contribution in [0.15, 0.2) is 54.6 Å². The average molecular weight is 369 g/mol. The van der Waals surface area contributed by atoms with Crippen LogP contribution in [0, 0.1) is 18.3 Å². The molecule has 6 nitrogen and oxygen atoms in total. The normalized spacial score (nSPS) is 12.8. The monoisotopic (exact) mass is 369 g/mol. The van der Waals surface area contributed by atoms with Gasteiger partial charge in [0.05, 0.1) is 11.6 Å². The lowest BCUT2D eigenvalue weighted by atomic mass is 10.0. The van der Waals surface area contributed by atoms with Crippen LogP contribution in [0.4, 0.5) is 17.2 Å². The molecule has 4 rings (SSSR count). The van der Waals surface area contributed by atoms with E-state index >= 15 is 0 Å². The van der Waals surface area contributed by atoms with Crippen molar-refractivity contribution in [2.75, 3.05) is 16.8 Å². The van der Waals surface area contributed by atoms with Gasteiger partial charge in [-0.25, -0.2) is 9.97 Å². The Labute approximate surface area is 163 Å². The molecule has 3 aromatic rings. The van der Waals surface area contributed by atoms with Crippen LogP contribution >= 0.6 is 0 Å². The van der Waals surface area contributed by atoms with Crippen LogP contribution in [0.1, 0.15) is 33.9 Å². The fourth-order valence-corrected chi connectivity index (χ4v) is 3.40. The number of benzene rings is 2. The summed E-state index contributed by atoms with van der Waals surface area (Å²) in [5.41, 5.74) is 3.89. The van der Waals surface area contributed by atoms with E-state index in [1.54, 1.807) is 37.3 Å². The Morgan fingerprint density at radius 1 is 1.14 bits per heavy atom. The van der Waals surface area contributed by atoms with Crippen molar-refractivity contribution in [1.82, 2.24) is 9.97 Å². The average Bonchev–Trinajstić information content (AvgIpc) is 2.73. The smallest absolute Gasteiger partial charge is 0.274 e. The van der Waals surface area contributed by atoms with Gasteiger partial charge in [0.2, 0.25) is 0 Å². The molecule has 0 radical (unpaired) electrons. The molecule has 1 aliphatic heterocycles. The second kappa shape index (κ2) is 7.49. The van der Waals surface area contributed by atoms with E-state index < -0.39 is 0 Å². The van der Waals surface area contributed by atoms with E-state index in [4.69, 9.17) is 5.26 Å². The molecule has 2 aromatic carbocycles. The molecule has 0 spiro atoms. The number of hydrogen-bond acceptors (Lipinski definition) is 5. The van der Waals surface area contributed by atoms with Gasteiger partial charge in [-0.2, -0.15) is 5.26 Å². The first-order valence-electron chi connectivity index (χ1n) is 9.17. The highest BCUT2D eigenvalue weighted by atomic mass is 16.1. The van der Waals surface area contributed by atoms with Crippen molar-refractivity contribution in [2.45, 2.75) is 19.8 Å². The van der Waals surface area contributed by atoms with Crippen molar-refractivity contribution in [1.29, 1.82) is 5.26 Å². The minimum absolute atomic E-state index is 0.304. The summed E-state index contributed by atoms with van der Waals surface area (Å²) in [6.07, 6.45) is 2.08. The van der Waals surface area contributed by atoms with E-state index in [-0.39, 0.29) is 5.91 Å². The lowest BCUT2D eigenvalue weighted by Gasteiger charge is -2.30. The van der Waals surface area contributed by atoms with Crippen molar-refractivity contribution >= 4 is 23.1 Å². The van der Waals surface area contributed by atoms with Crippen molar-refractivity contribution in [3.63, 3.8) is 0 Å². The van der Waals surface area contributed by atoms with Gasteiger partial charge in [-0.05, 0) is 55.7 Å². The number of nitrogens with one attached hydrogen (secondary N) is 1. The number of carbonyl (C=O) groups is 1. The molecular formula is C22H19N5O. The minimum Gasteiger partial charge on any atom is -0.326 e. The summed E-state index contributed by atoms with van der Waals surface area (Å²) >= 11 is 0. The molecule has 6 heteroatoms. The molecule has 138 valence electrons. The van der Waals surface area contributed by atoms with Crippen molar-refractivity contribution in [3.8, 4) is 6.07 Å². The number of nitriles is 1. The van der Waals surface area contributed by atoms with Gasteiger partial charge in [0, 0.05) is 24.0 Å². The molecule has 1 aromatic heterocycles. The Balaban J connectivity index is 1.62. The van der Waals surface area contributed by atoms with Crippen LogP contribution in [0.5, 0.6) is 0 Å². The summed E-state index contributed by atoms with van der Waals surface area (Å²) in [7, 11) is 0. The lowest BCUT2D eigenvalue weighted by molar-refractivity contribution is 0.102. The van der Waals surface area contributed by atoms with E-state index in [9.17, 15) is 4.79 Å². The number of amides is 1. The van der Waals surface area contributed by atoms with Gasteiger partial charge in [-0.1, -0.05) is 18.2 Å². The lowest BCUT2D eigenvalue weighted by Crippen LogP contribution is -2.26. The number of nitrogens with zero attached hydrogens (tertiary/aromatic N) is 4. The van der Waals surface area contributed by atoms with Crippen molar-refractivity contribution < 1.29 is 4.79 Å². The van der Waals surface area contributed by atoms with Crippen LogP contribution in [-0.4, -0.2) is 22.4 Å². The van der Waals surface area contributed by atoms with Crippen LogP contribution in [0.3, 0.4) is 0 Å². The molecule has 28 heavy (non-hydrogen) atoms. The first kappa shape index (κ1) is 17.7. The number of hydrogen-bond donors (Lipinski definition) is 1. The van der Waals surface area contributed by atoms with E-state index in [1.807, 2.05) is 12.1 Å². The molecule has 1 N–H and O–H groups in total. The Kier molecular flexibility index (Phi) is 4.73. The highest BCUT2D eigenvalue weighted by Gasteiger charge is 2.21. The van der Waals surface area contributed by atoms with Gasteiger partial charge in [0.25, 0.3) is 5.91 Å².